The van der Waals surface area contributed by atoms with Crippen LogP contribution in [0.15, 0.2) is 24.3 Å². The molecule has 6 fully saturated rings. The summed E-state index contributed by atoms with van der Waals surface area (Å²) in [6.07, 6.45) is 6.75. The van der Waals surface area contributed by atoms with Crippen LogP contribution in [0.1, 0.15) is 68.1 Å². The summed E-state index contributed by atoms with van der Waals surface area (Å²) in [5.74, 6) is -2.08. The van der Waals surface area contributed by atoms with Gasteiger partial charge < -0.3 is 4.74 Å². The van der Waals surface area contributed by atoms with E-state index in [1.54, 1.807) is 24.3 Å². The normalized spacial score (nSPS) is 34.9. The van der Waals surface area contributed by atoms with Crippen LogP contribution in [0.3, 0.4) is 0 Å². The van der Waals surface area contributed by atoms with Crippen LogP contribution in [0.25, 0.3) is 0 Å². The Morgan fingerprint density at radius 2 is 1.26 bits per heavy atom. The number of nitrogens with zero attached hydrogens (tertiary/aromatic N) is 2. The predicted octanol–water partition coefficient (Wildman–Crippen LogP) is 3.67. The predicted molar refractivity (Wildman–Crippen MR) is 149 cm³/mol. The first-order valence-electron chi connectivity index (χ1n) is 15.4. The van der Waals surface area contributed by atoms with Gasteiger partial charge in [0.2, 0.25) is 23.6 Å². The number of imide groups is 2. The number of halogens is 1. The monoisotopic (exact) mass is 594 g/mol. The van der Waals surface area contributed by atoms with E-state index in [9.17, 15) is 28.8 Å². The minimum absolute atomic E-state index is 0.0675. The number of fused-ring (bicyclic) bond motifs is 10. The number of carbonyl (C=O) groups excluding carboxylic acids is 6. The van der Waals surface area contributed by atoms with Gasteiger partial charge in [-0.15, -0.1) is 0 Å². The maximum Gasteiger partial charge on any atom is 0.329 e. The van der Waals surface area contributed by atoms with Crippen molar-refractivity contribution >= 4 is 47.0 Å². The molecule has 0 aromatic heterocycles. The van der Waals surface area contributed by atoms with Crippen molar-refractivity contribution in [1.29, 1.82) is 0 Å². The maximum atomic E-state index is 13.6. The van der Waals surface area contributed by atoms with Gasteiger partial charge in [0.1, 0.15) is 6.04 Å². The number of hydrogen-bond donors (Lipinski definition) is 0. The summed E-state index contributed by atoms with van der Waals surface area (Å²) in [4.78, 5) is 81.8. The summed E-state index contributed by atoms with van der Waals surface area (Å²) in [6.45, 7) is -0.259. The van der Waals surface area contributed by atoms with Crippen LogP contribution < -0.4 is 0 Å². The number of likely N-dealkylation sites (tertiary alicyclic amines) is 2. The lowest BCUT2D eigenvalue weighted by molar-refractivity contribution is -0.159. The molecule has 0 radical (unpaired) electrons. The second-order valence-electron chi connectivity index (χ2n) is 13.2. The first-order valence-corrected chi connectivity index (χ1v) is 15.8. The summed E-state index contributed by atoms with van der Waals surface area (Å²) in [5.41, 5.74) is 0.335. The molecule has 1 aromatic carbocycles. The summed E-state index contributed by atoms with van der Waals surface area (Å²) < 4.78 is 5.41. The summed E-state index contributed by atoms with van der Waals surface area (Å²) >= 11 is 5.90. The van der Waals surface area contributed by atoms with Crippen LogP contribution in [0.2, 0.25) is 5.02 Å². The average molecular weight is 595 g/mol. The lowest BCUT2D eigenvalue weighted by atomic mass is 9.81. The Hall–Kier alpha value is -3.07. The minimum atomic E-state index is -1.15. The molecule has 4 saturated carbocycles. The molecule has 1 aromatic rings. The van der Waals surface area contributed by atoms with Crippen molar-refractivity contribution in [1.82, 2.24) is 9.80 Å². The van der Waals surface area contributed by atoms with Gasteiger partial charge in [-0.25, -0.2) is 4.79 Å². The summed E-state index contributed by atoms with van der Waals surface area (Å²) in [6, 6.07) is 5.08. The topological polar surface area (TPSA) is 118 Å². The zero-order valence-electron chi connectivity index (χ0n) is 23.4. The number of Topliss-reactive ketones (excluding diaryl/α,β-unsaturated/α-hetero) is 1. The molecule has 42 heavy (non-hydrogen) atoms. The number of esters is 1. The quantitative estimate of drug-likeness (QED) is 0.175. The molecule has 0 N–H and O–H groups in total. The maximum absolute atomic E-state index is 13.6. The first-order chi connectivity index (χ1) is 20.2. The van der Waals surface area contributed by atoms with Crippen LogP contribution in [-0.4, -0.2) is 64.4 Å². The van der Waals surface area contributed by atoms with Gasteiger partial charge in [-0.05, 0) is 106 Å². The average Bonchev–Trinajstić information content (AvgIpc) is 3.83. The molecule has 9 atom stereocenters. The number of benzene rings is 1. The zero-order valence-corrected chi connectivity index (χ0v) is 24.2. The zero-order chi connectivity index (χ0) is 29.3. The van der Waals surface area contributed by atoms with Gasteiger partial charge in [0.05, 0.1) is 23.7 Å². The Labute approximate surface area is 249 Å². The van der Waals surface area contributed by atoms with Gasteiger partial charge in [0.25, 0.3) is 0 Å². The van der Waals surface area contributed by atoms with Crippen LogP contribution in [0.5, 0.6) is 0 Å². The number of amides is 4. The van der Waals surface area contributed by atoms with Crippen LogP contribution >= 0.6 is 11.6 Å². The van der Waals surface area contributed by atoms with E-state index in [1.807, 2.05) is 0 Å². The molecule has 4 amide bonds. The molecule has 4 aliphatic carbocycles. The molecule has 0 spiro atoms. The third-order valence-electron chi connectivity index (χ3n) is 11.2. The van der Waals surface area contributed by atoms with Crippen molar-refractivity contribution in [3.05, 3.63) is 34.9 Å². The Balaban J connectivity index is 1.02. The van der Waals surface area contributed by atoms with Crippen molar-refractivity contribution < 1.29 is 33.5 Å². The van der Waals surface area contributed by atoms with E-state index in [0.29, 0.717) is 35.3 Å². The van der Waals surface area contributed by atoms with E-state index in [1.165, 1.54) is 4.90 Å². The molecule has 2 saturated heterocycles. The minimum Gasteiger partial charge on any atom is -0.456 e. The van der Waals surface area contributed by atoms with E-state index >= 15 is 0 Å². The highest BCUT2D eigenvalue weighted by molar-refractivity contribution is 6.30. The second-order valence-corrected chi connectivity index (χ2v) is 13.6. The number of unbranched alkanes of at least 4 members (excludes halogenated alkanes) is 1. The van der Waals surface area contributed by atoms with E-state index < -0.39 is 24.4 Å². The van der Waals surface area contributed by atoms with Gasteiger partial charge >= 0.3 is 5.97 Å². The van der Waals surface area contributed by atoms with Crippen molar-refractivity contribution in [2.45, 2.75) is 63.8 Å². The van der Waals surface area contributed by atoms with Gasteiger partial charge in [0, 0.05) is 17.1 Å². The van der Waals surface area contributed by atoms with Crippen molar-refractivity contribution in [2.24, 2.45) is 47.3 Å². The third-order valence-corrected chi connectivity index (χ3v) is 11.4. The Morgan fingerprint density at radius 1 is 0.762 bits per heavy atom. The molecular weight excluding hydrogens is 560 g/mol. The van der Waals surface area contributed by atoms with Gasteiger partial charge in [0.15, 0.2) is 12.4 Å². The van der Waals surface area contributed by atoms with Crippen LogP contribution in [0.4, 0.5) is 0 Å². The molecule has 0 unspecified atom stereocenters. The second kappa shape index (κ2) is 10.6. The van der Waals surface area contributed by atoms with Crippen LogP contribution in [-0.2, 0) is 28.7 Å². The largest absolute Gasteiger partial charge is 0.456 e. The number of carbonyl (C=O) groups is 6. The molecule has 4 bridgehead atoms. The van der Waals surface area contributed by atoms with E-state index in [2.05, 4.69) is 0 Å². The Morgan fingerprint density at radius 3 is 1.79 bits per heavy atom. The third kappa shape index (κ3) is 4.33. The highest BCUT2D eigenvalue weighted by Gasteiger charge is 2.63. The lowest BCUT2D eigenvalue weighted by Crippen LogP contribution is -2.47. The number of rotatable bonds is 10. The summed E-state index contributed by atoms with van der Waals surface area (Å²) in [5, 5.41) is 0.474. The van der Waals surface area contributed by atoms with Crippen LogP contribution in [0, 0.1) is 47.3 Å². The van der Waals surface area contributed by atoms with Crippen molar-refractivity contribution in [2.75, 3.05) is 13.2 Å². The standard InChI is InChI=1S/C32H35ClN2O7/c33-21-10-8-16(9-11-21)23(36)15-42-32(41)22(35-30(39)26-19-6-7-20(14-19)27(26)31(35)40)3-1-2-12-34-28(37)24-17-4-5-18(13-17)25(24)29(34)38/h8-11,17-20,22,24-27H,1-7,12-15H2/t17-,18-,19-,20-,22-,24-,25+,26+,27+/m0/s1. The lowest BCUT2D eigenvalue weighted by Gasteiger charge is -2.26. The molecular formula is C32H35ClN2O7. The van der Waals surface area contributed by atoms with Gasteiger partial charge in [-0.2, -0.15) is 0 Å². The number of ether oxygens (including phenoxy) is 1. The molecule has 9 nitrogen and oxygen atoms in total. The molecule has 2 heterocycles. The van der Waals surface area contributed by atoms with Gasteiger partial charge in [-0.1, -0.05) is 11.6 Å². The van der Waals surface area contributed by atoms with E-state index in [4.69, 9.17) is 16.3 Å². The highest BCUT2D eigenvalue weighted by atomic mass is 35.5. The SMILES string of the molecule is O=C(COC(=O)[C@H](CCCCN1C(=O)[C@@H]2[C@H]3CC[C@@H](C3)[C@@H]2C1=O)N1C(=O)[C@@H]2[C@H]3CC[C@@H](C3)[C@H]2C1=O)c1ccc(Cl)cc1. The fraction of sp³-hybridized carbons (Fsp3) is 0.625. The molecule has 2 aliphatic heterocycles. The summed E-state index contributed by atoms with van der Waals surface area (Å²) in [7, 11) is 0. The van der Waals surface area contributed by atoms with E-state index in [0.717, 1.165) is 43.4 Å². The van der Waals surface area contributed by atoms with Gasteiger partial charge in [-0.3, -0.25) is 33.8 Å². The molecule has 6 aliphatic rings. The molecule has 10 heteroatoms. The Bertz CT molecular complexity index is 1300. The molecule has 222 valence electrons. The van der Waals surface area contributed by atoms with E-state index in [-0.39, 0.29) is 72.1 Å². The number of ketones is 1. The first kappa shape index (κ1) is 27.7. The van der Waals surface area contributed by atoms with Crippen molar-refractivity contribution in [3.63, 3.8) is 0 Å². The number of hydrogen-bond acceptors (Lipinski definition) is 7. The molecule has 7 rings (SSSR count). The smallest absolute Gasteiger partial charge is 0.329 e. The highest BCUT2D eigenvalue weighted by Crippen LogP contribution is 2.57. The fourth-order valence-electron chi connectivity index (χ4n) is 9.34. The van der Waals surface area contributed by atoms with Crippen molar-refractivity contribution in [3.8, 4) is 0 Å². The Kier molecular flexibility index (Phi) is 6.99. The fourth-order valence-corrected chi connectivity index (χ4v) is 9.47.